The minimum absolute atomic E-state index is 0.0490. The molecule has 1 amide bonds. The summed E-state index contributed by atoms with van der Waals surface area (Å²) >= 11 is 0. The van der Waals surface area contributed by atoms with E-state index >= 15 is 0 Å². The Morgan fingerprint density at radius 1 is 1.21 bits per heavy atom. The third-order valence-electron chi connectivity index (χ3n) is 4.75. The van der Waals surface area contributed by atoms with Crippen LogP contribution in [0.5, 0.6) is 5.75 Å². The third kappa shape index (κ3) is 4.72. The van der Waals surface area contributed by atoms with Crippen molar-refractivity contribution < 1.29 is 14.5 Å². The van der Waals surface area contributed by atoms with Gasteiger partial charge in [-0.15, -0.1) is 0 Å². The van der Waals surface area contributed by atoms with E-state index < -0.39 is 4.92 Å². The average Bonchev–Trinajstić information content (AvgIpc) is 3.13. The number of hydrogen-bond acceptors (Lipinski definition) is 5. The zero-order chi connectivity index (χ0) is 20.8. The Morgan fingerprint density at radius 2 is 2.03 bits per heavy atom. The van der Waals surface area contributed by atoms with E-state index in [4.69, 9.17) is 4.74 Å². The number of aromatic nitrogens is 1. The Morgan fingerprint density at radius 3 is 2.76 bits per heavy atom. The van der Waals surface area contributed by atoms with Crippen LogP contribution in [-0.2, 0) is 6.42 Å². The number of aromatic amines is 1. The molecule has 0 aliphatic heterocycles. The normalized spacial score (nSPS) is 10.8. The molecule has 152 valence electrons. The predicted molar refractivity (Wildman–Crippen MR) is 111 cm³/mol. The van der Waals surface area contributed by atoms with E-state index in [1.165, 1.54) is 6.07 Å². The molecule has 3 N–H and O–H groups in total. The maximum atomic E-state index is 12.3. The smallest absolute Gasteiger partial charge is 0.270 e. The van der Waals surface area contributed by atoms with E-state index in [0.717, 1.165) is 34.9 Å². The van der Waals surface area contributed by atoms with E-state index in [9.17, 15) is 14.9 Å². The number of benzene rings is 2. The number of methoxy groups -OCH3 is 1. The van der Waals surface area contributed by atoms with Gasteiger partial charge in [0, 0.05) is 47.8 Å². The van der Waals surface area contributed by atoms with E-state index in [1.54, 1.807) is 31.4 Å². The van der Waals surface area contributed by atoms with Crippen LogP contribution in [0.3, 0.4) is 0 Å². The van der Waals surface area contributed by atoms with Crippen molar-refractivity contribution in [3.63, 3.8) is 0 Å². The molecule has 0 atom stereocenters. The first-order valence-electron chi connectivity index (χ1n) is 9.48. The molecular formula is C21H24N4O4. The van der Waals surface area contributed by atoms with Gasteiger partial charge < -0.3 is 9.72 Å². The fraction of sp³-hybridized carbons (Fsp3) is 0.286. The lowest BCUT2D eigenvalue weighted by Gasteiger charge is -2.11. The van der Waals surface area contributed by atoms with E-state index in [-0.39, 0.29) is 11.6 Å². The number of nitrogens with zero attached hydrogens (tertiary/aromatic N) is 1. The number of amides is 1. The number of nitro benzene ring substituents is 1. The van der Waals surface area contributed by atoms with Crippen molar-refractivity contribution in [2.75, 3.05) is 13.7 Å². The summed E-state index contributed by atoms with van der Waals surface area (Å²) in [5.74, 6) is 0.361. The molecule has 0 fully saturated rings. The zero-order valence-corrected chi connectivity index (χ0v) is 16.5. The summed E-state index contributed by atoms with van der Waals surface area (Å²) in [5, 5.41) is 11.9. The largest absolute Gasteiger partial charge is 0.496 e. The van der Waals surface area contributed by atoms with Crippen molar-refractivity contribution in [2.24, 2.45) is 0 Å². The third-order valence-corrected chi connectivity index (χ3v) is 4.75. The van der Waals surface area contributed by atoms with Crippen molar-refractivity contribution in [3.8, 4) is 5.75 Å². The van der Waals surface area contributed by atoms with Gasteiger partial charge in [-0.05, 0) is 35.7 Å². The van der Waals surface area contributed by atoms with Crippen LogP contribution in [0.2, 0.25) is 0 Å². The Hall–Kier alpha value is -3.39. The summed E-state index contributed by atoms with van der Waals surface area (Å²) < 4.78 is 5.48. The molecule has 1 heterocycles. The number of nitro groups is 1. The molecule has 2 aromatic carbocycles. The van der Waals surface area contributed by atoms with Gasteiger partial charge in [-0.1, -0.05) is 19.4 Å². The van der Waals surface area contributed by atoms with Crippen LogP contribution in [0.1, 0.15) is 41.3 Å². The van der Waals surface area contributed by atoms with Crippen molar-refractivity contribution in [3.05, 3.63) is 69.4 Å². The Labute approximate surface area is 168 Å². The topological polar surface area (TPSA) is 109 Å². The van der Waals surface area contributed by atoms with Crippen LogP contribution in [0.4, 0.5) is 5.69 Å². The standard InChI is InChI=1S/C21H24N4O4/c1-3-4-9-23-24-21(26)15-6-5-14(20(11-15)29-2)10-16-13-22-19-8-7-17(25(27)28)12-18(16)19/h5-8,11-13,22-23H,3-4,9-10H2,1-2H3,(H,24,26). The summed E-state index contributed by atoms with van der Waals surface area (Å²) in [5.41, 5.74) is 8.76. The molecule has 8 nitrogen and oxygen atoms in total. The quantitative estimate of drug-likeness (QED) is 0.290. The number of fused-ring (bicyclic) bond motifs is 1. The number of H-pyrrole nitrogens is 1. The lowest BCUT2D eigenvalue weighted by atomic mass is 10.0. The minimum atomic E-state index is -0.404. The molecule has 0 unspecified atom stereocenters. The van der Waals surface area contributed by atoms with E-state index in [1.807, 2.05) is 12.3 Å². The first-order chi connectivity index (χ1) is 14.0. The second-order valence-electron chi connectivity index (χ2n) is 6.74. The van der Waals surface area contributed by atoms with Crippen LogP contribution in [0, 0.1) is 10.1 Å². The minimum Gasteiger partial charge on any atom is -0.496 e. The van der Waals surface area contributed by atoms with Gasteiger partial charge in [0.25, 0.3) is 11.6 Å². The van der Waals surface area contributed by atoms with Crippen LogP contribution >= 0.6 is 0 Å². The van der Waals surface area contributed by atoms with Crippen molar-refractivity contribution >= 4 is 22.5 Å². The average molecular weight is 396 g/mol. The number of carbonyl (C=O) groups is 1. The fourth-order valence-corrected chi connectivity index (χ4v) is 3.14. The number of hydrogen-bond donors (Lipinski definition) is 3. The molecule has 0 spiro atoms. The molecule has 8 heteroatoms. The Balaban J connectivity index is 1.81. The summed E-state index contributed by atoms with van der Waals surface area (Å²) in [4.78, 5) is 26.1. The van der Waals surface area contributed by atoms with Crippen LogP contribution in [0.15, 0.2) is 42.6 Å². The van der Waals surface area contributed by atoms with Gasteiger partial charge in [-0.2, -0.15) is 0 Å². The number of unbranched alkanes of at least 4 members (excludes halogenated alkanes) is 1. The molecule has 3 rings (SSSR count). The Kier molecular flexibility index (Phi) is 6.46. The molecule has 0 radical (unpaired) electrons. The number of nitrogens with one attached hydrogen (secondary N) is 3. The van der Waals surface area contributed by atoms with Crippen molar-refractivity contribution in [1.29, 1.82) is 0 Å². The molecule has 0 saturated carbocycles. The molecule has 0 aliphatic carbocycles. The van der Waals surface area contributed by atoms with Gasteiger partial charge in [0.2, 0.25) is 0 Å². The summed E-state index contributed by atoms with van der Waals surface area (Å²) in [6.07, 6.45) is 4.38. The highest BCUT2D eigenvalue weighted by Crippen LogP contribution is 2.29. The summed E-state index contributed by atoms with van der Waals surface area (Å²) in [6, 6.07) is 10.0. The van der Waals surface area contributed by atoms with Crippen LogP contribution < -0.4 is 15.6 Å². The number of carbonyl (C=O) groups excluding carboxylic acids is 1. The molecule has 0 bridgehead atoms. The van der Waals surface area contributed by atoms with Crippen molar-refractivity contribution in [1.82, 2.24) is 15.8 Å². The van der Waals surface area contributed by atoms with E-state index in [0.29, 0.717) is 24.3 Å². The maximum absolute atomic E-state index is 12.3. The van der Waals surface area contributed by atoms with Gasteiger partial charge in [-0.3, -0.25) is 20.3 Å². The SMILES string of the molecule is CCCCNNC(=O)c1ccc(Cc2c[nH]c3ccc([N+](=O)[O-])cc23)c(OC)c1. The van der Waals surface area contributed by atoms with E-state index in [2.05, 4.69) is 22.8 Å². The Bertz CT molecular complexity index is 1030. The van der Waals surface area contributed by atoms with Crippen LogP contribution in [0.25, 0.3) is 10.9 Å². The summed E-state index contributed by atoms with van der Waals surface area (Å²) in [6.45, 7) is 2.79. The lowest BCUT2D eigenvalue weighted by molar-refractivity contribution is -0.384. The monoisotopic (exact) mass is 396 g/mol. The lowest BCUT2D eigenvalue weighted by Crippen LogP contribution is -2.37. The molecule has 3 aromatic rings. The highest BCUT2D eigenvalue weighted by atomic mass is 16.6. The number of hydrazine groups is 1. The predicted octanol–water partition coefficient (Wildman–Crippen LogP) is 3.71. The first kappa shape index (κ1) is 20.3. The zero-order valence-electron chi connectivity index (χ0n) is 16.5. The second-order valence-corrected chi connectivity index (χ2v) is 6.74. The summed E-state index contributed by atoms with van der Waals surface area (Å²) in [7, 11) is 1.56. The molecule has 29 heavy (non-hydrogen) atoms. The van der Waals surface area contributed by atoms with Crippen LogP contribution in [-0.4, -0.2) is 29.5 Å². The van der Waals surface area contributed by atoms with Gasteiger partial charge in [0.15, 0.2) is 0 Å². The second kappa shape index (κ2) is 9.20. The first-order valence-corrected chi connectivity index (χ1v) is 9.48. The molecule has 1 aromatic heterocycles. The molecule has 0 aliphatic rings. The number of non-ortho nitro benzene ring substituents is 1. The van der Waals surface area contributed by atoms with Gasteiger partial charge in [0.1, 0.15) is 5.75 Å². The molecule has 0 saturated heterocycles. The fourth-order valence-electron chi connectivity index (χ4n) is 3.14. The maximum Gasteiger partial charge on any atom is 0.270 e. The number of ether oxygens (including phenoxy) is 1. The highest BCUT2D eigenvalue weighted by Gasteiger charge is 2.14. The number of rotatable bonds is 9. The van der Waals surface area contributed by atoms with Gasteiger partial charge in [0.05, 0.1) is 12.0 Å². The molecular weight excluding hydrogens is 372 g/mol. The van der Waals surface area contributed by atoms with Gasteiger partial charge >= 0.3 is 0 Å². The highest BCUT2D eigenvalue weighted by molar-refractivity contribution is 5.94. The van der Waals surface area contributed by atoms with Crippen molar-refractivity contribution in [2.45, 2.75) is 26.2 Å². The van der Waals surface area contributed by atoms with Gasteiger partial charge in [-0.25, -0.2) is 5.43 Å².